The smallest absolute Gasteiger partial charge is 0.342 e. The molecule has 0 atom stereocenters. The Kier molecular flexibility index (Phi) is 6.15. The number of carbonyl (C=O) groups excluding carboxylic acids is 1. The van der Waals surface area contributed by atoms with Crippen LogP contribution in [0.1, 0.15) is 28.4 Å². The number of phenolic OH excluding ortho intramolecular Hbond substituents is 1. The largest absolute Gasteiger partial charge is 0.508 e. The van der Waals surface area contributed by atoms with Gasteiger partial charge in [-0.15, -0.1) is 0 Å². The van der Waals surface area contributed by atoms with Crippen LogP contribution in [0.2, 0.25) is 0 Å². The van der Waals surface area contributed by atoms with Crippen molar-refractivity contribution in [1.82, 2.24) is 0 Å². The van der Waals surface area contributed by atoms with E-state index in [4.69, 9.17) is 23.4 Å². The molecule has 1 heterocycles. The maximum atomic E-state index is 12.7. The van der Waals surface area contributed by atoms with Crippen molar-refractivity contribution >= 4 is 16.9 Å². The highest BCUT2D eigenvalue weighted by Gasteiger charge is 2.20. The highest BCUT2D eigenvalue weighted by Crippen LogP contribution is 2.35. The number of esters is 1. The quantitative estimate of drug-likeness (QED) is 0.463. The van der Waals surface area contributed by atoms with Gasteiger partial charge in [0.05, 0.1) is 21.3 Å². The van der Waals surface area contributed by atoms with Gasteiger partial charge in [-0.25, -0.2) is 9.59 Å². The SMILES string of the molecule is CCc1cc2c(COC(=O)c3cc(OC)c(OC)cc3OC)cc(=O)oc2cc1O. The van der Waals surface area contributed by atoms with E-state index in [-0.39, 0.29) is 29.3 Å². The molecule has 0 bridgehead atoms. The molecule has 1 N–H and O–H groups in total. The summed E-state index contributed by atoms with van der Waals surface area (Å²) in [4.78, 5) is 24.6. The number of methoxy groups -OCH3 is 3. The van der Waals surface area contributed by atoms with Crippen LogP contribution >= 0.6 is 0 Å². The third-order valence-electron chi connectivity index (χ3n) is 4.69. The number of ether oxygens (including phenoxy) is 4. The van der Waals surface area contributed by atoms with E-state index in [2.05, 4.69) is 0 Å². The van der Waals surface area contributed by atoms with Crippen molar-refractivity contribution < 1.29 is 33.3 Å². The first-order valence-corrected chi connectivity index (χ1v) is 9.17. The maximum Gasteiger partial charge on any atom is 0.342 e. The summed E-state index contributed by atoms with van der Waals surface area (Å²) < 4.78 is 26.3. The minimum atomic E-state index is -0.663. The zero-order valence-electron chi connectivity index (χ0n) is 17.1. The molecule has 3 rings (SSSR count). The summed E-state index contributed by atoms with van der Waals surface area (Å²) in [5, 5.41) is 10.6. The van der Waals surface area contributed by atoms with Crippen LogP contribution in [0, 0.1) is 0 Å². The van der Waals surface area contributed by atoms with E-state index in [0.717, 1.165) is 0 Å². The molecule has 30 heavy (non-hydrogen) atoms. The zero-order chi connectivity index (χ0) is 21.8. The van der Waals surface area contributed by atoms with Crippen molar-refractivity contribution in [3.8, 4) is 23.0 Å². The molecule has 3 aromatic rings. The van der Waals surface area contributed by atoms with Gasteiger partial charge >= 0.3 is 11.6 Å². The van der Waals surface area contributed by atoms with Crippen LogP contribution in [0.5, 0.6) is 23.0 Å². The lowest BCUT2D eigenvalue weighted by molar-refractivity contribution is 0.0469. The van der Waals surface area contributed by atoms with E-state index >= 15 is 0 Å². The molecule has 0 radical (unpaired) electrons. The lowest BCUT2D eigenvalue weighted by Crippen LogP contribution is -2.10. The first-order chi connectivity index (χ1) is 14.4. The molecular formula is C22H22O8. The van der Waals surface area contributed by atoms with Crippen LogP contribution in [-0.2, 0) is 17.8 Å². The lowest BCUT2D eigenvalue weighted by Gasteiger charge is -2.14. The van der Waals surface area contributed by atoms with Crippen LogP contribution < -0.4 is 19.8 Å². The third kappa shape index (κ3) is 4.03. The minimum Gasteiger partial charge on any atom is -0.508 e. The molecule has 0 saturated carbocycles. The fraction of sp³-hybridized carbons (Fsp3) is 0.273. The van der Waals surface area contributed by atoms with Crippen molar-refractivity contribution in [2.75, 3.05) is 21.3 Å². The number of carbonyl (C=O) groups is 1. The molecular weight excluding hydrogens is 392 g/mol. The molecule has 0 aliphatic heterocycles. The van der Waals surface area contributed by atoms with Gasteiger partial charge in [0.25, 0.3) is 0 Å². The summed E-state index contributed by atoms with van der Waals surface area (Å²) in [5.74, 6) is 0.387. The van der Waals surface area contributed by atoms with Crippen molar-refractivity contribution in [3.63, 3.8) is 0 Å². The van der Waals surface area contributed by atoms with Gasteiger partial charge < -0.3 is 28.5 Å². The number of aromatic hydroxyl groups is 1. The Morgan fingerprint density at radius 3 is 2.23 bits per heavy atom. The number of benzene rings is 2. The average Bonchev–Trinajstić information content (AvgIpc) is 2.75. The Morgan fingerprint density at radius 2 is 1.60 bits per heavy atom. The van der Waals surface area contributed by atoms with Crippen LogP contribution in [-0.4, -0.2) is 32.4 Å². The molecule has 0 spiro atoms. The van der Waals surface area contributed by atoms with Gasteiger partial charge in [0.15, 0.2) is 11.5 Å². The Bertz CT molecular complexity index is 1150. The summed E-state index contributed by atoms with van der Waals surface area (Å²) in [7, 11) is 4.35. The second-order valence-corrected chi connectivity index (χ2v) is 6.40. The highest BCUT2D eigenvalue weighted by atomic mass is 16.5. The van der Waals surface area contributed by atoms with Crippen LogP contribution in [0.4, 0.5) is 0 Å². The maximum absolute atomic E-state index is 12.7. The van der Waals surface area contributed by atoms with E-state index in [1.807, 2.05) is 6.92 Å². The summed E-state index contributed by atoms with van der Waals surface area (Å²) in [5.41, 5.74) is 0.899. The second-order valence-electron chi connectivity index (χ2n) is 6.40. The number of hydrogen-bond donors (Lipinski definition) is 1. The molecule has 2 aromatic carbocycles. The molecule has 8 heteroatoms. The topological polar surface area (TPSA) is 104 Å². The highest BCUT2D eigenvalue weighted by molar-refractivity contribution is 5.94. The Hall–Kier alpha value is -3.68. The molecule has 0 fully saturated rings. The predicted octanol–water partition coefficient (Wildman–Crippen LogP) is 3.44. The van der Waals surface area contributed by atoms with Crippen molar-refractivity contribution in [2.45, 2.75) is 20.0 Å². The number of fused-ring (bicyclic) bond motifs is 1. The van der Waals surface area contributed by atoms with Gasteiger partial charge in [0.1, 0.15) is 29.3 Å². The molecule has 0 unspecified atom stereocenters. The third-order valence-corrected chi connectivity index (χ3v) is 4.69. The fourth-order valence-electron chi connectivity index (χ4n) is 3.12. The molecule has 0 aliphatic rings. The monoisotopic (exact) mass is 414 g/mol. The van der Waals surface area contributed by atoms with Crippen molar-refractivity contribution in [2.24, 2.45) is 0 Å². The first-order valence-electron chi connectivity index (χ1n) is 9.17. The summed E-state index contributed by atoms with van der Waals surface area (Å²) in [6.07, 6.45) is 0.586. The van der Waals surface area contributed by atoms with Gasteiger partial charge in [0.2, 0.25) is 0 Å². The lowest BCUT2D eigenvalue weighted by atomic mass is 10.0. The van der Waals surface area contributed by atoms with Gasteiger partial charge in [-0.1, -0.05) is 6.92 Å². The van der Waals surface area contributed by atoms with Crippen LogP contribution in [0.25, 0.3) is 11.0 Å². The van der Waals surface area contributed by atoms with E-state index < -0.39 is 11.6 Å². The van der Waals surface area contributed by atoms with Crippen LogP contribution in [0.3, 0.4) is 0 Å². The number of phenols is 1. The Morgan fingerprint density at radius 1 is 0.933 bits per heavy atom. The van der Waals surface area contributed by atoms with E-state index in [1.165, 1.54) is 45.6 Å². The van der Waals surface area contributed by atoms with Gasteiger partial charge in [-0.05, 0) is 18.1 Å². The first kappa shape index (κ1) is 21.0. The van der Waals surface area contributed by atoms with Crippen molar-refractivity contribution in [3.05, 3.63) is 57.4 Å². The minimum absolute atomic E-state index is 0.0392. The predicted molar refractivity (Wildman–Crippen MR) is 109 cm³/mol. The average molecular weight is 414 g/mol. The van der Waals surface area contributed by atoms with E-state index in [0.29, 0.717) is 34.4 Å². The standard InChI is InChI=1S/C22H22O8/c1-5-12-6-14-13(7-21(24)30-18(14)9-16(12)23)11-29-22(25)15-8-19(27-3)20(28-4)10-17(15)26-2/h6-10,23H,5,11H2,1-4H3. The molecule has 0 amide bonds. The Balaban J connectivity index is 1.95. The molecule has 0 aliphatic carbocycles. The Labute approximate surface area is 172 Å². The van der Waals surface area contributed by atoms with Crippen LogP contribution in [0.15, 0.2) is 39.5 Å². The van der Waals surface area contributed by atoms with Gasteiger partial charge in [-0.2, -0.15) is 0 Å². The number of aryl methyl sites for hydroxylation is 1. The van der Waals surface area contributed by atoms with E-state index in [1.54, 1.807) is 6.07 Å². The summed E-state index contributed by atoms with van der Waals surface area (Å²) in [6.45, 7) is 1.72. The molecule has 158 valence electrons. The summed E-state index contributed by atoms with van der Waals surface area (Å²) >= 11 is 0. The normalized spacial score (nSPS) is 10.7. The van der Waals surface area contributed by atoms with Gasteiger partial charge in [0, 0.05) is 35.2 Å². The van der Waals surface area contributed by atoms with E-state index in [9.17, 15) is 14.7 Å². The number of hydrogen-bond acceptors (Lipinski definition) is 8. The zero-order valence-corrected chi connectivity index (χ0v) is 17.1. The molecule has 0 saturated heterocycles. The second kappa shape index (κ2) is 8.77. The van der Waals surface area contributed by atoms with Crippen molar-refractivity contribution in [1.29, 1.82) is 0 Å². The molecule has 1 aromatic heterocycles. The van der Waals surface area contributed by atoms with Gasteiger partial charge in [-0.3, -0.25) is 0 Å². The summed E-state index contributed by atoms with van der Waals surface area (Å²) in [6, 6.07) is 7.35. The fourth-order valence-corrected chi connectivity index (χ4v) is 3.12. The number of rotatable bonds is 7. The molecule has 8 nitrogen and oxygen atoms in total.